The third-order valence-corrected chi connectivity index (χ3v) is 3.44. The first kappa shape index (κ1) is 12.4. The van der Waals surface area contributed by atoms with Crippen LogP contribution in [-0.2, 0) is 5.41 Å². The van der Waals surface area contributed by atoms with Crippen LogP contribution in [0.15, 0.2) is 73.0 Å². The van der Waals surface area contributed by atoms with Gasteiger partial charge in [-0.2, -0.15) is 0 Å². The van der Waals surface area contributed by atoms with Gasteiger partial charge in [0.25, 0.3) is 0 Å². The average molecular weight is 237 g/mol. The number of para-hydroxylation sites is 1. The molecule has 1 aromatic rings. The molecule has 0 radical (unpaired) electrons. The maximum Gasteiger partial charge on any atom is 0.0425 e. The topological polar surface area (TPSA) is 12.0 Å². The summed E-state index contributed by atoms with van der Waals surface area (Å²) >= 11 is 0. The molecule has 1 aliphatic heterocycles. The van der Waals surface area contributed by atoms with Gasteiger partial charge in [0.15, 0.2) is 0 Å². The Bertz CT molecular complexity index is 544. The number of anilines is 1. The van der Waals surface area contributed by atoms with Gasteiger partial charge < -0.3 is 5.32 Å². The Morgan fingerprint density at radius 2 is 1.89 bits per heavy atom. The van der Waals surface area contributed by atoms with Crippen LogP contribution in [0.3, 0.4) is 0 Å². The molecule has 0 fully saturated rings. The third-order valence-electron chi connectivity index (χ3n) is 3.44. The number of rotatable bonds is 3. The van der Waals surface area contributed by atoms with Crippen molar-refractivity contribution in [1.29, 1.82) is 0 Å². The predicted molar refractivity (Wildman–Crippen MR) is 79.7 cm³/mol. The number of allylic oxidation sites excluding steroid dienone is 5. The lowest BCUT2D eigenvalue weighted by Crippen LogP contribution is -2.28. The highest BCUT2D eigenvalue weighted by Gasteiger charge is 2.31. The second kappa shape index (κ2) is 4.69. The summed E-state index contributed by atoms with van der Waals surface area (Å²) in [4.78, 5) is 0. The summed E-state index contributed by atoms with van der Waals surface area (Å²) in [6.45, 7) is 12.1. The van der Waals surface area contributed by atoms with Gasteiger partial charge in [0.2, 0.25) is 0 Å². The normalized spacial score (nSPS) is 17.2. The fraction of sp³-hybridized carbons (Fsp3) is 0.176. The molecule has 0 saturated heterocycles. The average Bonchev–Trinajstić information content (AvgIpc) is 2.36. The van der Waals surface area contributed by atoms with Gasteiger partial charge in [-0.3, -0.25) is 0 Å². The standard InChI is InChI=1S/C17H19N/c1-5-7-11-15-13(6-2)17(3,4)14-10-8-9-12-16(14)18-15/h5-12,18H,1-2H2,3-4H3/b11-7-. The van der Waals surface area contributed by atoms with E-state index in [2.05, 4.69) is 56.6 Å². The van der Waals surface area contributed by atoms with Crippen molar-refractivity contribution in [1.82, 2.24) is 0 Å². The Balaban J connectivity index is 2.61. The van der Waals surface area contributed by atoms with E-state index in [0.29, 0.717) is 0 Å². The van der Waals surface area contributed by atoms with Crippen molar-refractivity contribution >= 4 is 5.69 Å². The van der Waals surface area contributed by atoms with Crippen LogP contribution in [0.5, 0.6) is 0 Å². The van der Waals surface area contributed by atoms with E-state index in [1.54, 1.807) is 6.08 Å². The number of hydrogen-bond donors (Lipinski definition) is 1. The van der Waals surface area contributed by atoms with E-state index in [9.17, 15) is 0 Å². The second-order valence-electron chi connectivity index (χ2n) is 4.92. The number of hydrogen-bond acceptors (Lipinski definition) is 1. The summed E-state index contributed by atoms with van der Waals surface area (Å²) in [5, 5.41) is 3.46. The monoisotopic (exact) mass is 237 g/mol. The Hall–Kier alpha value is -2.02. The molecule has 1 aromatic carbocycles. The number of benzene rings is 1. The fourth-order valence-corrected chi connectivity index (χ4v) is 2.49. The molecule has 0 unspecified atom stereocenters. The van der Waals surface area contributed by atoms with Crippen molar-refractivity contribution in [2.75, 3.05) is 5.32 Å². The van der Waals surface area contributed by atoms with Gasteiger partial charge in [-0.25, -0.2) is 0 Å². The molecular weight excluding hydrogens is 218 g/mol. The zero-order valence-corrected chi connectivity index (χ0v) is 11.0. The van der Waals surface area contributed by atoms with E-state index >= 15 is 0 Å². The molecule has 0 saturated carbocycles. The van der Waals surface area contributed by atoms with Crippen LogP contribution >= 0.6 is 0 Å². The van der Waals surface area contributed by atoms with Crippen LogP contribution in [0, 0.1) is 0 Å². The van der Waals surface area contributed by atoms with Crippen LogP contribution in [-0.4, -0.2) is 0 Å². The van der Waals surface area contributed by atoms with Gasteiger partial charge in [-0.15, -0.1) is 0 Å². The van der Waals surface area contributed by atoms with Crippen LogP contribution in [0.25, 0.3) is 0 Å². The lowest BCUT2D eigenvalue weighted by molar-refractivity contribution is 0.629. The summed E-state index contributed by atoms with van der Waals surface area (Å²) in [6.07, 6.45) is 7.70. The SMILES string of the molecule is C=C/C=C\C1=C(C=C)C(C)(C)c2ccccc2N1. The van der Waals surface area contributed by atoms with E-state index in [1.165, 1.54) is 11.1 Å². The molecule has 18 heavy (non-hydrogen) atoms. The minimum Gasteiger partial charge on any atom is -0.355 e. The lowest BCUT2D eigenvalue weighted by Gasteiger charge is -2.36. The lowest BCUT2D eigenvalue weighted by atomic mass is 9.74. The third kappa shape index (κ3) is 1.92. The van der Waals surface area contributed by atoms with Gasteiger partial charge in [0.05, 0.1) is 0 Å². The van der Waals surface area contributed by atoms with Crippen LogP contribution in [0.1, 0.15) is 19.4 Å². The van der Waals surface area contributed by atoms with E-state index < -0.39 is 0 Å². The molecule has 1 N–H and O–H groups in total. The summed E-state index contributed by atoms with van der Waals surface area (Å²) < 4.78 is 0. The van der Waals surface area contributed by atoms with Gasteiger partial charge in [0, 0.05) is 16.8 Å². The highest BCUT2D eigenvalue weighted by Crippen LogP contribution is 2.42. The maximum absolute atomic E-state index is 3.95. The predicted octanol–water partition coefficient (Wildman–Crippen LogP) is 4.57. The Morgan fingerprint density at radius 1 is 1.17 bits per heavy atom. The van der Waals surface area contributed by atoms with Gasteiger partial charge in [-0.1, -0.05) is 63.4 Å². The molecule has 0 atom stereocenters. The molecule has 0 amide bonds. The van der Waals surface area contributed by atoms with Gasteiger partial charge in [-0.05, 0) is 23.3 Å². The Labute approximate surface area is 109 Å². The first-order valence-corrected chi connectivity index (χ1v) is 6.14. The molecule has 0 aliphatic carbocycles. The summed E-state index contributed by atoms with van der Waals surface area (Å²) in [5.41, 5.74) is 4.73. The van der Waals surface area contributed by atoms with Crippen molar-refractivity contribution in [3.05, 3.63) is 78.6 Å². The van der Waals surface area contributed by atoms with Crippen LogP contribution < -0.4 is 5.32 Å². The van der Waals surface area contributed by atoms with Crippen molar-refractivity contribution in [3.8, 4) is 0 Å². The molecule has 2 rings (SSSR count). The Kier molecular flexibility index (Phi) is 3.24. The van der Waals surface area contributed by atoms with E-state index in [-0.39, 0.29) is 5.41 Å². The van der Waals surface area contributed by atoms with Gasteiger partial charge >= 0.3 is 0 Å². The van der Waals surface area contributed by atoms with Crippen molar-refractivity contribution in [3.63, 3.8) is 0 Å². The molecular formula is C17H19N. The zero-order valence-electron chi connectivity index (χ0n) is 11.0. The second-order valence-corrected chi connectivity index (χ2v) is 4.92. The minimum absolute atomic E-state index is 0.0373. The quantitative estimate of drug-likeness (QED) is 0.759. The summed E-state index contributed by atoms with van der Waals surface area (Å²) in [5.74, 6) is 0. The Morgan fingerprint density at radius 3 is 2.56 bits per heavy atom. The number of nitrogens with one attached hydrogen (secondary N) is 1. The molecule has 0 aromatic heterocycles. The molecule has 0 bridgehead atoms. The van der Waals surface area contributed by atoms with Crippen LogP contribution in [0.4, 0.5) is 5.69 Å². The summed E-state index contributed by atoms with van der Waals surface area (Å²) in [7, 11) is 0. The zero-order chi connectivity index (χ0) is 13.2. The first-order valence-electron chi connectivity index (χ1n) is 6.14. The fourth-order valence-electron chi connectivity index (χ4n) is 2.49. The van der Waals surface area contributed by atoms with E-state index in [0.717, 1.165) is 11.4 Å². The van der Waals surface area contributed by atoms with Crippen molar-refractivity contribution in [2.45, 2.75) is 19.3 Å². The largest absolute Gasteiger partial charge is 0.355 e. The maximum atomic E-state index is 3.95. The molecule has 1 aliphatic rings. The molecule has 1 heterocycles. The van der Waals surface area contributed by atoms with Gasteiger partial charge in [0.1, 0.15) is 0 Å². The molecule has 1 nitrogen and oxygen atoms in total. The smallest absolute Gasteiger partial charge is 0.0425 e. The van der Waals surface area contributed by atoms with Crippen molar-refractivity contribution in [2.24, 2.45) is 0 Å². The number of fused-ring (bicyclic) bond motifs is 1. The highest BCUT2D eigenvalue weighted by molar-refractivity contribution is 5.68. The van der Waals surface area contributed by atoms with E-state index in [1.807, 2.05) is 18.2 Å². The minimum atomic E-state index is -0.0373. The van der Waals surface area contributed by atoms with Crippen molar-refractivity contribution < 1.29 is 0 Å². The summed E-state index contributed by atoms with van der Waals surface area (Å²) in [6, 6.07) is 8.40. The molecule has 0 spiro atoms. The van der Waals surface area contributed by atoms with Crippen LogP contribution in [0.2, 0.25) is 0 Å². The molecule has 92 valence electrons. The van der Waals surface area contributed by atoms with E-state index in [4.69, 9.17) is 0 Å². The molecule has 1 heteroatoms. The first-order chi connectivity index (χ1) is 8.61. The highest BCUT2D eigenvalue weighted by atomic mass is 14.9.